The van der Waals surface area contributed by atoms with Gasteiger partial charge in [0.05, 0.1) is 17.9 Å². The molecule has 0 saturated carbocycles. The van der Waals surface area contributed by atoms with Crippen LogP contribution >= 0.6 is 12.2 Å². The molecule has 0 atom stereocenters. The van der Waals surface area contributed by atoms with Gasteiger partial charge in [0.25, 0.3) is 5.91 Å². The molecule has 0 radical (unpaired) electrons. The molecule has 0 fully saturated rings. The fraction of sp³-hybridized carbons (Fsp3) is 0.136. The highest BCUT2D eigenvalue weighted by Gasteiger charge is 2.12. The molecule has 8 nitrogen and oxygen atoms in total. The number of thiocarbonyl (C=S) groups is 1. The number of rotatable bonds is 5. The first kappa shape index (κ1) is 20.4. The Morgan fingerprint density at radius 3 is 2.55 bits per heavy atom. The van der Waals surface area contributed by atoms with Crippen molar-refractivity contribution in [3.63, 3.8) is 0 Å². The van der Waals surface area contributed by atoms with Crippen LogP contribution in [0.25, 0.3) is 16.7 Å². The number of amides is 1. The molecule has 156 valence electrons. The minimum absolute atomic E-state index is 0.190. The maximum absolute atomic E-state index is 12.3. The molecule has 0 spiro atoms. The van der Waals surface area contributed by atoms with Crippen molar-refractivity contribution in [2.45, 2.75) is 13.8 Å². The van der Waals surface area contributed by atoms with Crippen LogP contribution in [0.15, 0.2) is 60.9 Å². The number of anilines is 1. The third-order valence-corrected chi connectivity index (χ3v) is 4.71. The van der Waals surface area contributed by atoms with Gasteiger partial charge in [-0.05, 0) is 80.2 Å². The van der Waals surface area contributed by atoms with Crippen LogP contribution in [0, 0.1) is 6.92 Å². The van der Waals surface area contributed by atoms with Crippen molar-refractivity contribution in [3.05, 3.63) is 72.1 Å². The molecule has 9 heteroatoms. The van der Waals surface area contributed by atoms with Gasteiger partial charge in [-0.2, -0.15) is 4.80 Å². The number of pyridine rings is 1. The molecule has 0 aliphatic carbocycles. The second kappa shape index (κ2) is 8.88. The van der Waals surface area contributed by atoms with E-state index >= 15 is 0 Å². The van der Waals surface area contributed by atoms with Crippen molar-refractivity contribution in [1.29, 1.82) is 0 Å². The van der Waals surface area contributed by atoms with Gasteiger partial charge in [0.15, 0.2) is 5.11 Å². The summed E-state index contributed by atoms with van der Waals surface area (Å²) < 4.78 is 5.48. The minimum atomic E-state index is -0.328. The van der Waals surface area contributed by atoms with Gasteiger partial charge in [0, 0.05) is 18.1 Å². The SMILES string of the molecule is CCOc1ccc(-n2nc3cc(C)c(NC(=S)NC(=O)c4cccnc4)cc3n2)cc1. The van der Waals surface area contributed by atoms with Gasteiger partial charge in [0.2, 0.25) is 0 Å². The Labute approximate surface area is 184 Å². The monoisotopic (exact) mass is 432 g/mol. The number of aromatic nitrogens is 4. The summed E-state index contributed by atoms with van der Waals surface area (Å²) in [5.74, 6) is 0.470. The summed E-state index contributed by atoms with van der Waals surface area (Å²) in [6, 6.07) is 14.7. The van der Waals surface area contributed by atoms with Crippen LogP contribution in [0.4, 0.5) is 5.69 Å². The van der Waals surface area contributed by atoms with Gasteiger partial charge in [0.1, 0.15) is 16.8 Å². The quantitative estimate of drug-likeness (QED) is 0.465. The standard InChI is InChI=1S/C22H20N6O2S/c1-3-30-17-8-6-16(7-9-17)28-26-19-11-14(2)18(12-20(19)27-28)24-22(31)25-21(29)15-5-4-10-23-13-15/h4-13H,3H2,1-2H3,(H2,24,25,29,31). The molecule has 31 heavy (non-hydrogen) atoms. The van der Waals surface area contributed by atoms with Gasteiger partial charge in [-0.1, -0.05) is 0 Å². The maximum atomic E-state index is 12.3. The Balaban J connectivity index is 1.52. The molecule has 0 unspecified atom stereocenters. The van der Waals surface area contributed by atoms with Crippen LogP contribution in [-0.2, 0) is 0 Å². The highest BCUT2D eigenvalue weighted by atomic mass is 32.1. The molecule has 2 N–H and O–H groups in total. The summed E-state index contributed by atoms with van der Waals surface area (Å²) in [5, 5.41) is 15.0. The number of ether oxygens (including phenoxy) is 1. The van der Waals surface area contributed by atoms with Crippen molar-refractivity contribution in [3.8, 4) is 11.4 Å². The number of hydrogen-bond acceptors (Lipinski definition) is 6. The van der Waals surface area contributed by atoms with Gasteiger partial charge < -0.3 is 10.1 Å². The number of aryl methyl sites for hydroxylation is 1. The van der Waals surface area contributed by atoms with E-state index in [1.54, 1.807) is 23.1 Å². The highest BCUT2D eigenvalue weighted by Crippen LogP contribution is 2.23. The number of carbonyl (C=O) groups is 1. The molecule has 4 aromatic rings. The summed E-state index contributed by atoms with van der Waals surface area (Å²) in [5.41, 5.74) is 4.36. The molecule has 0 bridgehead atoms. The van der Waals surface area contributed by atoms with Gasteiger partial charge in [-0.25, -0.2) is 0 Å². The first-order chi connectivity index (χ1) is 15.0. The minimum Gasteiger partial charge on any atom is -0.494 e. The Morgan fingerprint density at radius 1 is 1.13 bits per heavy atom. The molecule has 0 aliphatic rings. The zero-order valence-electron chi connectivity index (χ0n) is 17.0. The van der Waals surface area contributed by atoms with Crippen LogP contribution in [0.2, 0.25) is 0 Å². The zero-order valence-corrected chi connectivity index (χ0v) is 17.8. The predicted octanol–water partition coefficient (Wildman–Crippen LogP) is 3.65. The smallest absolute Gasteiger partial charge is 0.258 e. The summed E-state index contributed by atoms with van der Waals surface area (Å²) >= 11 is 5.29. The van der Waals surface area contributed by atoms with Gasteiger partial charge >= 0.3 is 0 Å². The molecule has 2 aromatic carbocycles. The van der Waals surface area contributed by atoms with E-state index in [0.717, 1.165) is 28.2 Å². The third kappa shape index (κ3) is 4.67. The van der Waals surface area contributed by atoms with Crippen LogP contribution < -0.4 is 15.4 Å². The fourth-order valence-electron chi connectivity index (χ4n) is 2.99. The van der Waals surface area contributed by atoms with E-state index in [2.05, 4.69) is 25.8 Å². The maximum Gasteiger partial charge on any atom is 0.258 e. The lowest BCUT2D eigenvalue weighted by Crippen LogP contribution is -2.34. The van der Waals surface area contributed by atoms with Crippen molar-refractivity contribution in [2.75, 3.05) is 11.9 Å². The van der Waals surface area contributed by atoms with Crippen molar-refractivity contribution in [1.82, 2.24) is 25.3 Å². The average molecular weight is 433 g/mol. The van der Waals surface area contributed by atoms with Crippen LogP contribution in [0.5, 0.6) is 5.75 Å². The van der Waals surface area contributed by atoms with Crippen LogP contribution in [0.1, 0.15) is 22.8 Å². The van der Waals surface area contributed by atoms with Crippen LogP contribution in [0.3, 0.4) is 0 Å². The molecular formula is C22H20N6O2S. The highest BCUT2D eigenvalue weighted by molar-refractivity contribution is 7.80. The lowest BCUT2D eigenvalue weighted by molar-refractivity contribution is 0.0977. The second-order valence-corrected chi connectivity index (χ2v) is 7.13. The summed E-state index contributed by atoms with van der Waals surface area (Å²) in [7, 11) is 0. The molecule has 0 aliphatic heterocycles. The zero-order chi connectivity index (χ0) is 21.8. The molecule has 0 saturated heterocycles. The van der Waals surface area contributed by atoms with E-state index in [4.69, 9.17) is 17.0 Å². The average Bonchev–Trinajstić information content (AvgIpc) is 3.18. The Kier molecular flexibility index (Phi) is 5.85. The van der Waals surface area contributed by atoms with Crippen molar-refractivity contribution in [2.24, 2.45) is 0 Å². The first-order valence-corrected chi connectivity index (χ1v) is 10.1. The number of fused-ring (bicyclic) bond motifs is 1. The molecule has 2 aromatic heterocycles. The van der Waals surface area contributed by atoms with Crippen molar-refractivity contribution < 1.29 is 9.53 Å². The van der Waals surface area contributed by atoms with E-state index in [9.17, 15) is 4.79 Å². The Morgan fingerprint density at radius 2 is 1.87 bits per heavy atom. The summed E-state index contributed by atoms with van der Waals surface area (Å²) in [6.45, 7) is 4.49. The normalized spacial score (nSPS) is 10.6. The second-order valence-electron chi connectivity index (χ2n) is 6.72. The van der Waals surface area contributed by atoms with E-state index in [1.165, 1.54) is 6.20 Å². The lowest BCUT2D eigenvalue weighted by atomic mass is 10.2. The Bertz CT molecular complexity index is 1240. The molecule has 1 amide bonds. The topological polar surface area (TPSA) is 94.0 Å². The number of hydrogen-bond donors (Lipinski definition) is 2. The largest absolute Gasteiger partial charge is 0.494 e. The summed E-state index contributed by atoms with van der Waals surface area (Å²) in [6.07, 6.45) is 3.08. The Hall–Kier alpha value is -3.85. The molecular weight excluding hydrogens is 412 g/mol. The number of carbonyl (C=O) groups excluding carboxylic acids is 1. The fourth-order valence-corrected chi connectivity index (χ4v) is 3.19. The van der Waals surface area contributed by atoms with E-state index in [-0.39, 0.29) is 11.0 Å². The molecule has 4 rings (SSSR count). The predicted molar refractivity (Wildman–Crippen MR) is 123 cm³/mol. The van der Waals surface area contributed by atoms with Gasteiger partial charge in [-0.15, -0.1) is 10.2 Å². The first-order valence-electron chi connectivity index (χ1n) is 9.67. The lowest BCUT2D eigenvalue weighted by Gasteiger charge is -2.11. The van der Waals surface area contributed by atoms with Crippen molar-refractivity contribution >= 4 is 40.0 Å². The van der Waals surface area contributed by atoms with E-state index < -0.39 is 0 Å². The number of benzene rings is 2. The van der Waals surface area contributed by atoms with Gasteiger partial charge in [-0.3, -0.25) is 15.1 Å². The van der Waals surface area contributed by atoms with E-state index in [1.807, 2.05) is 50.2 Å². The number of nitrogens with one attached hydrogen (secondary N) is 2. The van der Waals surface area contributed by atoms with Crippen LogP contribution in [-0.4, -0.2) is 37.6 Å². The number of nitrogens with zero attached hydrogens (tertiary/aromatic N) is 4. The summed E-state index contributed by atoms with van der Waals surface area (Å²) in [4.78, 5) is 17.8. The molecule has 2 heterocycles. The van der Waals surface area contributed by atoms with E-state index in [0.29, 0.717) is 17.7 Å². The third-order valence-electron chi connectivity index (χ3n) is 4.50.